The van der Waals surface area contributed by atoms with Crippen LogP contribution < -0.4 is 9.47 Å². The fraction of sp³-hybridized carbons (Fsp3) is 0.625. The SMILES string of the molecule is C=CCOc1ccc(-c2ccc(OC(=O)CCCCC(=O)O[C@H]3CC[C@@]4(C)C(=CC[C@H]5[C@@H]6CC[C@H]([C@H](C)CCCC(C)C)[C@@]6(C)CC[C@@H]54)C3)cc2)cc1. The largest absolute Gasteiger partial charge is 0.490 e. The lowest BCUT2D eigenvalue weighted by atomic mass is 9.47. The second-order valence-electron chi connectivity index (χ2n) is 18.0. The molecule has 2 aromatic carbocycles. The van der Waals surface area contributed by atoms with Crippen LogP contribution in [0.4, 0.5) is 0 Å². The van der Waals surface area contributed by atoms with Gasteiger partial charge in [0.1, 0.15) is 24.2 Å². The number of esters is 2. The highest BCUT2D eigenvalue weighted by Gasteiger charge is 2.59. The molecule has 0 unspecified atom stereocenters. The van der Waals surface area contributed by atoms with Gasteiger partial charge in [-0.15, -0.1) is 0 Å². The van der Waals surface area contributed by atoms with Crippen molar-refractivity contribution in [2.75, 3.05) is 6.61 Å². The van der Waals surface area contributed by atoms with Crippen LogP contribution in [-0.2, 0) is 14.3 Å². The summed E-state index contributed by atoms with van der Waals surface area (Å²) in [6.07, 6.45) is 20.1. The molecule has 3 fully saturated rings. The van der Waals surface area contributed by atoms with Crippen molar-refractivity contribution in [1.29, 1.82) is 0 Å². The molecule has 3 saturated carbocycles. The van der Waals surface area contributed by atoms with E-state index in [1.54, 1.807) is 11.6 Å². The molecule has 0 radical (unpaired) electrons. The molecule has 0 bridgehead atoms. The maximum Gasteiger partial charge on any atom is 0.311 e. The minimum Gasteiger partial charge on any atom is -0.490 e. The highest BCUT2D eigenvalue weighted by atomic mass is 16.5. The van der Waals surface area contributed by atoms with Gasteiger partial charge in [0.15, 0.2) is 0 Å². The lowest BCUT2D eigenvalue weighted by Crippen LogP contribution is -2.51. The Morgan fingerprint density at radius 1 is 0.811 bits per heavy atom. The first-order chi connectivity index (χ1) is 25.5. The quantitative estimate of drug-likeness (QED) is 0.0747. The van der Waals surface area contributed by atoms with E-state index in [0.29, 0.717) is 37.0 Å². The Hall–Kier alpha value is -3.34. The van der Waals surface area contributed by atoms with Gasteiger partial charge >= 0.3 is 11.9 Å². The van der Waals surface area contributed by atoms with Crippen molar-refractivity contribution in [3.8, 4) is 22.6 Å². The molecule has 0 amide bonds. The van der Waals surface area contributed by atoms with Gasteiger partial charge in [-0.05, 0) is 140 Å². The number of rotatable bonds is 16. The Kier molecular flexibility index (Phi) is 12.9. The van der Waals surface area contributed by atoms with E-state index in [4.69, 9.17) is 14.2 Å². The average molecular weight is 723 g/mol. The van der Waals surface area contributed by atoms with E-state index in [1.807, 2.05) is 48.5 Å². The molecule has 4 aliphatic rings. The third kappa shape index (κ3) is 9.14. The molecule has 288 valence electrons. The van der Waals surface area contributed by atoms with Crippen LogP contribution in [0.25, 0.3) is 11.1 Å². The van der Waals surface area contributed by atoms with Crippen molar-refractivity contribution in [3.63, 3.8) is 0 Å². The van der Waals surface area contributed by atoms with Gasteiger partial charge in [0, 0.05) is 19.3 Å². The number of fused-ring (bicyclic) bond motifs is 5. The van der Waals surface area contributed by atoms with Gasteiger partial charge < -0.3 is 14.2 Å². The van der Waals surface area contributed by atoms with E-state index < -0.39 is 0 Å². The number of benzene rings is 2. The Balaban J connectivity index is 0.914. The number of carbonyl (C=O) groups excluding carboxylic acids is 2. The molecule has 0 spiro atoms. The highest BCUT2D eigenvalue weighted by Crippen LogP contribution is 2.67. The number of carbonyl (C=O) groups is 2. The van der Waals surface area contributed by atoms with Crippen molar-refractivity contribution < 1.29 is 23.8 Å². The summed E-state index contributed by atoms with van der Waals surface area (Å²) in [6, 6.07) is 15.4. The van der Waals surface area contributed by atoms with Gasteiger partial charge in [-0.2, -0.15) is 0 Å². The van der Waals surface area contributed by atoms with Crippen molar-refractivity contribution in [1.82, 2.24) is 0 Å². The lowest BCUT2D eigenvalue weighted by Gasteiger charge is -2.58. The van der Waals surface area contributed by atoms with E-state index in [0.717, 1.165) is 71.6 Å². The first kappa shape index (κ1) is 39.4. The molecule has 5 heteroatoms. The van der Waals surface area contributed by atoms with Crippen LogP contribution in [0.3, 0.4) is 0 Å². The predicted molar refractivity (Wildman–Crippen MR) is 215 cm³/mol. The standard InChI is InChI=1S/C48H66O5/c1-7-31-51-38-20-15-35(16-21-38)36-17-22-39(23-18-36)52-45(49)13-8-9-14-46(50)53-40-27-29-47(5)37(32-40)19-24-41-43-26-25-42(34(4)12-10-11-33(2)3)48(43,6)30-28-44(41)47/h7,15-23,33-34,40-44H,1,8-14,24-32H2,2-6H3/t34-,40+,41+,42-,43+,44+,47+,48-/m1/s1. The second kappa shape index (κ2) is 17.4. The molecule has 0 aliphatic heterocycles. The van der Waals surface area contributed by atoms with Gasteiger partial charge in [-0.3, -0.25) is 9.59 Å². The summed E-state index contributed by atoms with van der Waals surface area (Å²) >= 11 is 0. The summed E-state index contributed by atoms with van der Waals surface area (Å²) in [4.78, 5) is 25.4. The molecule has 0 aromatic heterocycles. The molecule has 0 heterocycles. The third-order valence-electron chi connectivity index (χ3n) is 14.2. The number of hydrogen-bond donors (Lipinski definition) is 0. The minimum absolute atomic E-state index is 0.0220. The van der Waals surface area contributed by atoms with Crippen LogP contribution in [0.2, 0.25) is 0 Å². The Labute approximate surface area is 320 Å². The third-order valence-corrected chi connectivity index (χ3v) is 14.2. The van der Waals surface area contributed by atoms with Gasteiger partial charge in [0.05, 0.1) is 0 Å². The molecule has 6 rings (SSSR count). The number of allylic oxidation sites excluding steroid dienone is 1. The zero-order valence-corrected chi connectivity index (χ0v) is 33.4. The van der Waals surface area contributed by atoms with Crippen molar-refractivity contribution >= 4 is 11.9 Å². The molecule has 53 heavy (non-hydrogen) atoms. The van der Waals surface area contributed by atoms with E-state index in [1.165, 1.54) is 51.4 Å². The fourth-order valence-electron chi connectivity index (χ4n) is 11.3. The van der Waals surface area contributed by atoms with E-state index >= 15 is 0 Å². The van der Waals surface area contributed by atoms with Crippen molar-refractivity contribution in [2.45, 2.75) is 137 Å². The summed E-state index contributed by atoms with van der Waals surface area (Å²) < 4.78 is 17.2. The molecule has 5 nitrogen and oxygen atoms in total. The zero-order chi connectivity index (χ0) is 37.6. The summed E-state index contributed by atoms with van der Waals surface area (Å²) in [6.45, 7) is 16.6. The van der Waals surface area contributed by atoms with Crippen LogP contribution in [0.15, 0.2) is 72.8 Å². The summed E-state index contributed by atoms with van der Waals surface area (Å²) in [5.74, 6) is 5.88. The normalized spacial score (nSPS) is 29.6. The first-order valence-electron chi connectivity index (χ1n) is 21.0. The van der Waals surface area contributed by atoms with Crippen LogP contribution in [0.5, 0.6) is 11.5 Å². The van der Waals surface area contributed by atoms with Crippen molar-refractivity contribution in [3.05, 3.63) is 72.8 Å². The Bertz CT molecular complexity index is 1570. The van der Waals surface area contributed by atoms with Crippen molar-refractivity contribution in [2.24, 2.45) is 46.3 Å². The monoisotopic (exact) mass is 722 g/mol. The Morgan fingerprint density at radius 3 is 2.17 bits per heavy atom. The molecule has 0 N–H and O–H groups in total. The summed E-state index contributed by atoms with van der Waals surface area (Å²) in [5.41, 5.74) is 4.40. The molecule has 0 saturated heterocycles. The molecule has 8 atom stereocenters. The highest BCUT2D eigenvalue weighted by molar-refractivity contribution is 5.73. The van der Waals surface area contributed by atoms with E-state index in [-0.39, 0.29) is 29.9 Å². The topological polar surface area (TPSA) is 61.8 Å². The number of hydrogen-bond acceptors (Lipinski definition) is 5. The van der Waals surface area contributed by atoms with Gasteiger partial charge in [-0.25, -0.2) is 0 Å². The van der Waals surface area contributed by atoms with Gasteiger partial charge in [-0.1, -0.05) is 102 Å². The second-order valence-corrected chi connectivity index (χ2v) is 18.0. The minimum atomic E-state index is -0.281. The average Bonchev–Trinajstić information content (AvgIpc) is 3.50. The lowest BCUT2D eigenvalue weighted by molar-refractivity contribution is -0.152. The Morgan fingerprint density at radius 2 is 1.49 bits per heavy atom. The maximum absolute atomic E-state index is 12.9. The molecule has 4 aliphatic carbocycles. The summed E-state index contributed by atoms with van der Waals surface area (Å²) in [5, 5.41) is 0. The number of ether oxygens (including phenoxy) is 3. The maximum atomic E-state index is 12.9. The van der Waals surface area contributed by atoms with E-state index in [9.17, 15) is 9.59 Å². The summed E-state index contributed by atoms with van der Waals surface area (Å²) in [7, 11) is 0. The predicted octanol–water partition coefficient (Wildman–Crippen LogP) is 12.3. The number of unbranched alkanes of at least 4 members (excludes halogenated alkanes) is 1. The fourth-order valence-corrected chi connectivity index (χ4v) is 11.3. The zero-order valence-electron chi connectivity index (χ0n) is 33.4. The van der Waals surface area contributed by atoms with E-state index in [2.05, 4.69) is 47.3 Å². The molecule has 2 aromatic rings. The molecular formula is C48H66O5. The van der Waals surface area contributed by atoms with Gasteiger partial charge in [0.25, 0.3) is 0 Å². The van der Waals surface area contributed by atoms with Crippen LogP contribution >= 0.6 is 0 Å². The molecular weight excluding hydrogens is 657 g/mol. The van der Waals surface area contributed by atoms with Crippen LogP contribution in [0.1, 0.15) is 131 Å². The van der Waals surface area contributed by atoms with Gasteiger partial charge in [0.2, 0.25) is 0 Å². The van der Waals surface area contributed by atoms with Crippen LogP contribution in [0, 0.1) is 46.3 Å². The first-order valence-corrected chi connectivity index (χ1v) is 21.0. The van der Waals surface area contributed by atoms with Crippen LogP contribution in [-0.4, -0.2) is 24.6 Å². The smallest absolute Gasteiger partial charge is 0.311 e.